The Morgan fingerprint density at radius 1 is 0.842 bits per heavy atom. The van der Waals surface area contributed by atoms with Crippen LogP contribution in [0, 0.1) is 0 Å². The first-order chi connectivity index (χ1) is 18.5. The van der Waals surface area contributed by atoms with Crippen molar-refractivity contribution in [2.75, 3.05) is 24.6 Å². The molecule has 4 rings (SSSR count). The molecule has 1 atom stereocenters. The Kier molecular flexibility index (Phi) is 9.93. The molecule has 0 bridgehead atoms. The summed E-state index contributed by atoms with van der Waals surface area (Å²) in [6.07, 6.45) is 1.65. The van der Waals surface area contributed by atoms with E-state index in [1.54, 1.807) is 4.90 Å². The van der Waals surface area contributed by atoms with Gasteiger partial charge in [-0.15, -0.1) is 0 Å². The Morgan fingerprint density at radius 3 is 1.84 bits per heavy atom. The van der Waals surface area contributed by atoms with Crippen LogP contribution in [0.3, 0.4) is 0 Å². The van der Waals surface area contributed by atoms with E-state index in [2.05, 4.69) is 60.4 Å². The molecule has 1 heterocycles. The molecule has 0 saturated carbocycles. The fourth-order valence-electron chi connectivity index (χ4n) is 5.02. The third-order valence-electron chi connectivity index (χ3n) is 7.22. The summed E-state index contributed by atoms with van der Waals surface area (Å²) >= 11 is 0. The first-order valence-corrected chi connectivity index (χ1v) is 13.7. The van der Waals surface area contributed by atoms with Crippen LogP contribution in [0.2, 0.25) is 0 Å². The number of hydrogen-bond acceptors (Lipinski definition) is 4. The molecule has 0 aromatic heterocycles. The first-order valence-electron chi connectivity index (χ1n) is 13.7. The molecule has 38 heavy (non-hydrogen) atoms. The van der Waals surface area contributed by atoms with Crippen LogP contribution in [0.25, 0.3) is 0 Å². The molecule has 2 amide bonds. The molecule has 0 N–H and O–H groups in total. The highest BCUT2D eigenvalue weighted by atomic mass is 16.6. The van der Waals surface area contributed by atoms with Gasteiger partial charge in [-0.3, -0.25) is 9.69 Å². The number of nitrogens with zero attached hydrogens (tertiary/aromatic N) is 3. The molecule has 0 unspecified atom stereocenters. The summed E-state index contributed by atoms with van der Waals surface area (Å²) in [7, 11) is 0. The molecule has 200 valence electrons. The third-order valence-corrected chi connectivity index (χ3v) is 7.22. The summed E-state index contributed by atoms with van der Waals surface area (Å²) in [6.45, 7) is 7.04. The quantitative estimate of drug-likeness (QED) is 0.328. The monoisotopic (exact) mass is 513 g/mol. The van der Waals surface area contributed by atoms with Crippen LogP contribution < -0.4 is 4.90 Å². The maximum Gasteiger partial charge on any atom is 0.409 e. The van der Waals surface area contributed by atoms with Gasteiger partial charge in [0.05, 0.1) is 0 Å². The van der Waals surface area contributed by atoms with E-state index in [9.17, 15) is 9.59 Å². The number of benzene rings is 3. The first kappa shape index (κ1) is 27.4. The fourth-order valence-corrected chi connectivity index (χ4v) is 5.02. The lowest BCUT2D eigenvalue weighted by atomic mass is 10.0. The largest absolute Gasteiger partial charge is 0.448 e. The SMILES string of the molecule is CCC(=O)N(c1ccccc1)C1CCN(C(=O)OC[C@H](C)N(Cc2ccccc2)Cc2ccccc2)CC1. The summed E-state index contributed by atoms with van der Waals surface area (Å²) < 4.78 is 5.81. The van der Waals surface area contributed by atoms with E-state index in [1.807, 2.05) is 54.3 Å². The Balaban J connectivity index is 1.32. The van der Waals surface area contributed by atoms with Gasteiger partial charge in [-0.25, -0.2) is 4.79 Å². The number of para-hydroxylation sites is 1. The molecule has 0 aliphatic carbocycles. The van der Waals surface area contributed by atoms with Gasteiger partial charge in [0.25, 0.3) is 0 Å². The molecular formula is C32H39N3O3. The highest BCUT2D eigenvalue weighted by molar-refractivity contribution is 5.93. The van der Waals surface area contributed by atoms with Crippen molar-refractivity contribution in [2.45, 2.75) is 58.3 Å². The van der Waals surface area contributed by atoms with Gasteiger partial charge in [-0.05, 0) is 43.0 Å². The lowest BCUT2D eigenvalue weighted by Gasteiger charge is -2.38. The van der Waals surface area contributed by atoms with Gasteiger partial charge in [0, 0.05) is 50.4 Å². The number of rotatable bonds is 10. The van der Waals surface area contributed by atoms with Crippen LogP contribution in [0.1, 0.15) is 44.2 Å². The van der Waals surface area contributed by atoms with E-state index in [-0.39, 0.29) is 24.1 Å². The number of piperidine rings is 1. The zero-order valence-corrected chi connectivity index (χ0v) is 22.5. The van der Waals surface area contributed by atoms with Gasteiger partial charge >= 0.3 is 6.09 Å². The summed E-state index contributed by atoms with van der Waals surface area (Å²) in [4.78, 5) is 31.8. The molecule has 1 saturated heterocycles. The zero-order valence-electron chi connectivity index (χ0n) is 22.5. The number of likely N-dealkylation sites (tertiary alicyclic amines) is 1. The van der Waals surface area contributed by atoms with E-state index in [4.69, 9.17) is 4.74 Å². The smallest absolute Gasteiger partial charge is 0.409 e. The molecule has 0 radical (unpaired) electrons. The topological polar surface area (TPSA) is 53.1 Å². The van der Waals surface area contributed by atoms with E-state index in [0.29, 0.717) is 26.1 Å². The molecule has 6 heteroatoms. The minimum atomic E-state index is -0.275. The van der Waals surface area contributed by atoms with Crippen molar-refractivity contribution in [1.29, 1.82) is 0 Å². The second-order valence-electron chi connectivity index (χ2n) is 9.97. The van der Waals surface area contributed by atoms with Gasteiger partial charge in [0.1, 0.15) is 6.61 Å². The summed E-state index contributed by atoms with van der Waals surface area (Å²) in [5, 5.41) is 0. The maximum absolute atomic E-state index is 13.0. The van der Waals surface area contributed by atoms with Crippen molar-refractivity contribution in [3.8, 4) is 0 Å². The predicted molar refractivity (Wildman–Crippen MR) is 152 cm³/mol. The normalized spacial score (nSPS) is 14.8. The van der Waals surface area contributed by atoms with Gasteiger partial charge in [0.15, 0.2) is 0 Å². The Hall–Kier alpha value is -3.64. The van der Waals surface area contributed by atoms with Crippen LogP contribution in [0.4, 0.5) is 10.5 Å². The molecular weight excluding hydrogens is 474 g/mol. The number of hydrogen-bond donors (Lipinski definition) is 0. The van der Waals surface area contributed by atoms with Crippen molar-refractivity contribution >= 4 is 17.7 Å². The van der Waals surface area contributed by atoms with E-state index in [0.717, 1.165) is 31.6 Å². The van der Waals surface area contributed by atoms with Crippen LogP contribution in [0.5, 0.6) is 0 Å². The van der Waals surface area contributed by atoms with Crippen LogP contribution in [-0.2, 0) is 22.6 Å². The molecule has 3 aromatic carbocycles. The Bertz CT molecular complexity index is 1090. The lowest BCUT2D eigenvalue weighted by molar-refractivity contribution is -0.119. The van der Waals surface area contributed by atoms with Gasteiger partial charge in [-0.2, -0.15) is 0 Å². The highest BCUT2D eigenvalue weighted by Gasteiger charge is 2.31. The Labute approximate surface area is 226 Å². The second kappa shape index (κ2) is 13.8. The van der Waals surface area contributed by atoms with Gasteiger partial charge < -0.3 is 14.5 Å². The number of anilines is 1. The number of ether oxygens (including phenoxy) is 1. The number of carbonyl (C=O) groups excluding carboxylic acids is 2. The van der Waals surface area contributed by atoms with Gasteiger partial charge in [0.2, 0.25) is 5.91 Å². The minimum Gasteiger partial charge on any atom is -0.448 e. The van der Waals surface area contributed by atoms with Crippen LogP contribution in [0.15, 0.2) is 91.0 Å². The zero-order chi connectivity index (χ0) is 26.7. The second-order valence-corrected chi connectivity index (χ2v) is 9.97. The van der Waals surface area contributed by atoms with Gasteiger partial charge in [-0.1, -0.05) is 85.8 Å². The number of carbonyl (C=O) groups is 2. The lowest BCUT2D eigenvalue weighted by Crippen LogP contribution is -2.49. The third kappa shape index (κ3) is 7.45. The molecule has 1 aliphatic heterocycles. The summed E-state index contributed by atoms with van der Waals surface area (Å²) in [6, 6.07) is 30.7. The molecule has 3 aromatic rings. The van der Waals surface area contributed by atoms with E-state index in [1.165, 1.54) is 11.1 Å². The fraction of sp³-hybridized carbons (Fsp3) is 0.375. The Morgan fingerprint density at radius 2 is 1.34 bits per heavy atom. The van der Waals surface area contributed by atoms with E-state index < -0.39 is 0 Å². The van der Waals surface area contributed by atoms with E-state index >= 15 is 0 Å². The average molecular weight is 514 g/mol. The van der Waals surface area contributed by atoms with Crippen LogP contribution >= 0.6 is 0 Å². The van der Waals surface area contributed by atoms with Crippen molar-refractivity contribution in [3.63, 3.8) is 0 Å². The van der Waals surface area contributed by atoms with Crippen molar-refractivity contribution < 1.29 is 14.3 Å². The van der Waals surface area contributed by atoms with Crippen molar-refractivity contribution in [2.24, 2.45) is 0 Å². The maximum atomic E-state index is 13.0. The minimum absolute atomic E-state index is 0.0487. The predicted octanol–water partition coefficient (Wildman–Crippen LogP) is 6.12. The molecule has 1 fully saturated rings. The average Bonchev–Trinajstić information content (AvgIpc) is 2.97. The highest BCUT2D eigenvalue weighted by Crippen LogP contribution is 2.25. The molecule has 1 aliphatic rings. The summed E-state index contributed by atoms with van der Waals surface area (Å²) in [5.74, 6) is 0.114. The van der Waals surface area contributed by atoms with Crippen molar-refractivity contribution in [3.05, 3.63) is 102 Å². The molecule has 6 nitrogen and oxygen atoms in total. The van der Waals surface area contributed by atoms with Crippen LogP contribution in [-0.4, -0.2) is 53.6 Å². The molecule has 0 spiro atoms. The number of amides is 2. The standard InChI is InChI=1S/C32H39N3O3/c1-3-31(36)35(29-17-11-6-12-18-29)30-19-21-33(22-20-30)32(37)38-25-26(2)34(23-27-13-7-4-8-14-27)24-28-15-9-5-10-16-28/h4-18,26,30H,3,19-25H2,1-2H3/t26-/m0/s1. The van der Waals surface area contributed by atoms with Crippen molar-refractivity contribution in [1.82, 2.24) is 9.80 Å². The summed E-state index contributed by atoms with van der Waals surface area (Å²) in [5.41, 5.74) is 3.38.